The molecule has 1 aliphatic rings. The third-order valence-corrected chi connectivity index (χ3v) is 4.10. The SMILES string of the molecule is CN(C)C1CC(CCN)Cc2sncc21. The number of hydrogen-bond acceptors (Lipinski definition) is 4. The molecule has 0 fully saturated rings. The van der Waals surface area contributed by atoms with E-state index in [1.165, 1.54) is 23.3 Å². The van der Waals surface area contributed by atoms with Crippen molar-refractivity contribution in [3.8, 4) is 0 Å². The van der Waals surface area contributed by atoms with E-state index in [0.717, 1.165) is 18.9 Å². The fourth-order valence-electron chi connectivity index (χ4n) is 2.43. The summed E-state index contributed by atoms with van der Waals surface area (Å²) in [5, 5.41) is 0. The second kappa shape index (κ2) is 4.60. The van der Waals surface area contributed by atoms with Crippen molar-refractivity contribution in [3.63, 3.8) is 0 Å². The maximum atomic E-state index is 5.65. The summed E-state index contributed by atoms with van der Waals surface area (Å²) in [4.78, 5) is 3.77. The molecule has 0 amide bonds. The van der Waals surface area contributed by atoms with Gasteiger partial charge in [0, 0.05) is 22.7 Å². The number of rotatable bonds is 3. The van der Waals surface area contributed by atoms with E-state index in [1.807, 2.05) is 6.20 Å². The molecule has 3 nitrogen and oxygen atoms in total. The van der Waals surface area contributed by atoms with E-state index >= 15 is 0 Å². The predicted octanol–water partition coefficient (Wildman–Crippen LogP) is 1.66. The topological polar surface area (TPSA) is 42.1 Å². The Balaban J connectivity index is 2.19. The van der Waals surface area contributed by atoms with Crippen LogP contribution in [0.15, 0.2) is 6.20 Å². The molecule has 0 aliphatic heterocycles. The first-order valence-corrected chi connectivity index (χ1v) is 6.29. The first kappa shape index (κ1) is 11.0. The van der Waals surface area contributed by atoms with Gasteiger partial charge in [0.25, 0.3) is 0 Å². The highest BCUT2D eigenvalue weighted by molar-refractivity contribution is 7.05. The smallest absolute Gasteiger partial charge is 0.0457 e. The van der Waals surface area contributed by atoms with Gasteiger partial charge in [-0.25, -0.2) is 4.37 Å². The van der Waals surface area contributed by atoms with Crippen LogP contribution in [-0.4, -0.2) is 29.9 Å². The Bertz CT molecular complexity index is 321. The molecule has 0 aromatic carbocycles. The van der Waals surface area contributed by atoms with Gasteiger partial charge < -0.3 is 10.6 Å². The lowest BCUT2D eigenvalue weighted by atomic mass is 9.83. The summed E-state index contributed by atoms with van der Waals surface area (Å²) in [6.07, 6.45) is 5.60. The van der Waals surface area contributed by atoms with E-state index < -0.39 is 0 Å². The Morgan fingerprint density at radius 3 is 3.07 bits per heavy atom. The van der Waals surface area contributed by atoms with Gasteiger partial charge in [0.2, 0.25) is 0 Å². The van der Waals surface area contributed by atoms with Crippen LogP contribution in [0.2, 0.25) is 0 Å². The van der Waals surface area contributed by atoms with Crippen LogP contribution in [0.1, 0.15) is 29.3 Å². The van der Waals surface area contributed by atoms with Gasteiger partial charge in [0.05, 0.1) is 0 Å². The summed E-state index contributed by atoms with van der Waals surface area (Å²) in [5.74, 6) is 0.746. The average molecular weight is 225 g/mol. The number of nitrogens with two attached hydrogens (primary N) is 1. The average Bonchev–Trinajstić information content (AvgIpc) is 2.64. The van der Waals surface area contributed by atoms with Gasteiger partial charge in [0.15, 0.2) is 0 Å². The zero-order chi connectivity index (χ0) is 10.8. The number of fused-ring (bicyclic) bond motifs is 1. The van der Waals surface area contributed by atoms with E-state index in [-0.39, 0.29) is 0 Å². The highest BCUT2D eigenvalue weighted by Gasteiger charge is 2.29. The Labute approximate surface area is 95.4 Å². The molecule has 0 radical (unpaired) electrons. The maximum Gasteiger partial charge on any atom is 0.0457 e. The summed E-state index contributed by atoms with van der Waals surface area (Å²) in [6, 6.07) is 0.545. The Morgan fingerprint density at radius 1 is 1.60 bits per heavy atom. The standard InChI is InChI=1S/C11H19N3S/c1-14(2)10-5-8(3-4-12)6-11-9(10)7-13-15-11/h7-8,10H,3-6,12H2,1-2H3. The van der Waals surface area contributed by atoms with E-state index in [1.54, 1.807) is 11.5 Å². The van der Waals surface area contributed by atoms with Crippen molar-refractivity contribution in [1.29, 1.82) is 0 Å². The minimum Gasteiger partial charge on any atom is -0.330 e. The molecule has 1 heterocycles. The van der Waals surface area contributed by atoms with Gasteiger partial charge in [0.1, 0.15) is 0 Å². The third kappa shape index (κ3) is 2.22. The van der Waals surface area contributed by atoms with Gasteiger partial charge in [-0.2, -0.15) is 0 Å². The summed E-state index contributed by atoms with van der Waals surface area (Å²) in [6.45, 7) is 0.805. The molecule has 2 unspecified atom stereocenters. The van der Waals surface area contributed by atoms with E-state index in [2.05, 4.69) is 23.4 Å². The number of aromatic nitrogens is 1. The first-order valence-electron chi connectivity index (χ1n) is 5.52. The highest BCUT2D eigenvalue weighted by atomic mass is 32.1. The lowest BCUT2D eigenvalue weighted by molar-refractivity contribution is 0.227. The van der Waals surface area contributed by atoms with Gasteiger partial charge in [-0.1, -0.05) is 0 Å². The predicted molar refractivity (Wildman–Crippen MR) is 64.0 cm³/mol. The van der Waals surface area contributed by atoms with Crippen molar-refractivity contribution in [1.82, 2.24) is 9.27 Å². The van der Waals surface area contributed by atoms with Crippen molar-refractivity contribution in [3.05, 3.63) is 16.6 Å². The number of nitrogens with zero attached hydrogens (tertiary/aromatic N) is 2. The molecule has 2 atom stereocenters. The first-order chi connectivity index (χ1) is 7.22. The molecular weight excluding hydrogens is 206 g/mol. The van der Waals surface area contributed by atoms with Crippen molar-refractivity contribution < 1.29 is 0 Å². The monoisotopic (exact) mass is 225 g/mol. The van der Waals surface area contributed by atoms with Crippen LogP contribution >= 0.6 is 11.5 Å². The van der Waals surface area contributed by atoms with Gasteiger partial charge in [-0.15, -0.1) is 0 Å². The van der Waals surface area contributed by atoms with Crippen LogP contribution in [0.5, 0.6) is 0 Å². The molecule has 0 spiro atoms. The van der Waals surface area contributed by atoms with E-state index in [9.17, 15) is 0 Å². The Morgan fingerprint density at radius 2 is 2.40 bits per heavy atom. The Kier molecular flexibility index (Phi) is 3.38. The van der Waals surface area contributed by atoms with Crippen LogP contribution in [0.25, 0.3) is 0 Å². The Hall–Kier alpha value is -0.450. The minimum atomic E-state index is 0.545. The molecule has 84 valence electrons. The van der Waals surface area contributed by atoms with Crippen molar-refractivity contribution in [2.24, 2.45) is 11.7 Å². The van der Waals surface area contributed by atoms with Gasteiger partial charge >= 0.3 is 0 Å². The van der Waals surface area contributed by atoms with Gasteiger partial charge in [-0.3, -0.25) is 0 Å². The molecule has 1 aromatic heterocycles. The van der Waals surface area contributed by atoms with E-state index in [4.69, 9.17) is 5.73 Å². The zero-order valence-electron chi connectivity index (χ0n) is 9.44. The molecule has 1 aromatic rings. The third-order valence-electron chi connectivity index (χ3n) is 3.26. The lowest BCUT2D eigenvalue weighted by Gasteiger charge is -2.33. The van der Waals surface area contributed by atoms with Crippen LogP contribution in [0.4, 0.5) is 0 Å². The second-order valence-electron chi connectivity index (χ2n) is 4.57. The second-order valence-corrected chi connectivity index (χ2v) is 5.45. The molecule has 2 rings (SSSR count). The lowest BCUT2D eigenvalue weighted by Crippen LogP contribution is -2.28. The normalized spacial score (nSPS) is 25.6. The van der Waals surface area contributed by atoms with E-state index in [0.29, 0.717) is 6.04 Å². The fourth-order valence-corrected chi connectivity index (χ4v) is 3.33. The molecule has 0 saturated carbocycles. The zero-order valence-corrected chi connectivity index (χ0v) is 10.3. The summed E-state index contributed by atoms with van der Waals surface area (Å²) in [7, 11) is 4.30. The molecule has 4 heteroatoms. The van der Waals surface area contributed by atoms with Crippen LogP contribution in [0, 0.1) is 5.92 Å². The summed E-state index contributed by atoms with van der Waals surface area (Å²) in [5.41, 5.74) is 7.09. The molecule has 15 heavy (non-hydrogen) atoms. The van der Waals surface area contributed by atoms with Gasteiger partial charge in [-0.05, 0) is 57.4 Å². The quantitative estimate of drug-likeness (QED) is 0.850. The fraction of sp³-hybridized carbons (Fsp3) is 0.727. The molecule has 0 bridgehead atoms. The maximum absolute atomic E-state index is 5.65. The van der Waals surface area contributed by atoms with Crippen LogP contribution < -0.4 is 5.73 Å². The number of hydrogen-bond donors (Lipinski definition) is 1. The van der Waals surface area contributed by atoms with Crippen LogP contribution in [-0.2, 0) is 6.42 Å². The summed E-state index contributed by atoms with van der Waals surface area (Å²) >= 11 is 1.66. The highest BCUT2D eigenvalue weighted by Crippen LogP contribution is 2.38. The van der Waals surface area contributed by atoms with Crippen molar-refractivity contribution >= 4 is 11.5 Å². The van der Waals surface area contributed by atoms with Crippen molar-refractivity contribution in [2.45, 2.75) is 25.3 Å². The minimum absolute atomic E-state index is 0.545. The van der Waals surface area contributed by atoms with Crippen LogP contribution in [0.3, 0.4) is 0 Å². The van der Waals surface area contributed by atoms with Crippen molar-refractivity contribution in [2.75, 3.05) is 20.6 Å². The summed E-state index contributed by atoms with van der Waals surface area (Å²) < 4.78 is 4.31. The largest absolute Gasteiger partial charge is 0.330 e. The molecule has 0 saturated heterocycles. The molecular formula is C11H19N3S. The molecule has 1 aliphatic carbocycles. The molecule has 2 N–H and O–H groups in total.